The zero-order valence-corrected chi connectivity index (χ0v) is 13.0. The van der Waals surface area contributed by atoms with Crippen LogP contribution >= 0.6 is 28.6 Å². The van der Waals surface area contributed by atoms with Gasteiger partial charge in [0.2, 0.25) is 5.91 Å². The van der Waals surface area contributed by atoms with Gasteiger partial charge >= 0.3 is 0 Å². The molecule has 1 aliphatic carbocycles. The molecule has 0 N–H and O–H groups in total. The van der Waals surface area contributed by atoms with Gasteiger partial charge in [0.05, 0.1) is 0 Å². The van der Waals surface area contributed by atoms with E-state index in [1.807, 2.05) is 36.2 Å². The number of rotatable bonds is 5. The lowest BCUT2D eigenvalue weighted by molar-refractivity contribution is -0.131. The third kappa shape index (κ3) is 3.29. The Hall–Kier alpha value is -0.480. The van der Waals surface area contributed by atoms with Gasteiger partial charge in [0, 0.05) is 24.5 Å². The maximum absolute atomic E-state index is 12.1. The van der Waals surface area contributed by atoms with Crippen molar-refractivity contribution in [1.82, 2.24) is 4.90 Å². The summed E-state index contributed by atoms with van der Waals surface area (Å²) in [5, 5.41) is 0. The van der Waals surface area contributed by atoms with Crippen LogP contribution in [0, 0.1) is 5.41 Å². The van der Waals surface area contributed by atoms with Crippen LogP contribution in [0.3, 0.4) is 0 Å². The number of hydrogen-bond donors (Lipinski definition) is 1. The molecule has 4 heteroatoms. The molecule has 1 aliphatic rings. The van der Waals surface area contributed by atoms with Gasteiger partial charge in [-0.15, -0.1) is 0 Å². The van der Waals surface area contributed by atoms with E-state index in [4.69, 9.17) is 0 Å². The van der Waals surface area contributed by atoms with Gasteiger partial charge in [-0.2, -0.15) is 12.6 Å². The summed E-state index contributed by atoms with van der Waals surface area (Å²) in [5.41, 5.74) is 1.34. The summed E-state index contributed by atoms with van der Waals surface area (Å²) in [6.07, 6.45) is 2.92. The van der Waals surface area contributed by atoms with Crippen molar-refractivity contribution in [1.29, 1.82) is 0 Å². The molecular weight excluding hydrogens is 310 g/mol. The highest BCUT2D eigenvalue weighted by Gasteiger charge is 2.43. The highest BCUT2D eigenvalue weighted by molar-refractivity contribution is 9.10. The minimum atomic E-state index is 0.197. The highest BCUT2D eigenvalue weighted by Crippen LogP contribution is 2.49. The topological polar surface area (TPSA) is 20.3 Å². The Labute approximate surface area is 122 Å². The van der Waals surface area contributed by atoms with Gasteiger partial charge < -0.3 is 4.90 Å². The van der Waals surface area contributed by atoms with Gasteiger partial charge in [-0.05, 0) is 35.6 Å². The van der Waals surface area contributed by atoms with E-state index in [1.54, 1.807) is 0 Å². The average molecular weight is 328 g/mol. The molecule has 0 saturated heterocycles. The summed E-state index contributed by atoms with van der Waals surface area (Å²) in [7, 11) is 1.87. The van der Waals surface area contributed by atoms with Crippen LogP contribution in [-0.2, 0) is 11.3 Å². The minimum absolute atomic E-state index is 0.197. The van der Waals surface area contributed by atoms with Gasteiger partial charge in [-0.3, -0.25) is 4.79 Å². The first-order valence-electron chi connectivity index (χ1n) is 6.15. The summed E-state index contributed by atoms with van der Waals surface area (Å²) in [6.45, 7) is 0.656. The van der Waals surface area contributed by atoms with Crippen LogP contribution in [0.5, 0.6) is 0 Å². The molecule has 0 radical (unpaired) electrons. The third-order valence-corrected chi connectivity index (χ3v) is 5.05. The first kappa shape index (κ1) is 13.9. The van der Waals surface area contributed by atoms with Crippen LogP contribution in [-0.4, -0.2) is 23.6 Å². The molecular formula is C14H18BrNOS. The number of thiol groups is 1. The molecule has 2 rings (SSSR count). The van der Waals surface area contributed by atoms with Crippen LogP contribution in [0.25, 0.3) is 0 Å². The first-order chi connectivity index (χ1) is 8.56. The van der Waals surface area contributed by atoms with E-state index >= 15 is 0 Å². The van der Waals surface area contributed by atoms with Gasteiger partial charge in [-0.1, -0.05) is 34.1 Å². The number of carbonyl (C=O) groups is 1. The van der Waals surface area contributed by atoms with E-state index in [1.165, 1.54) is 0 Å². The summed E-state index contributed by atoms with van der Waals surface area (Å²) < 4.78 is 1.06. The molecule has 0 atom stereocenters. The molecule has 98 valence electrons. The summed E-state index contributed by atoms with van der Waals surface area (Å²) in [5.74, 6) is 1.04. The normalized spacial score (nSPS) is 16.4. The fourth-order valence-electron chi connectivity index (χ4n) is 1.99. The number of nitrogens with zero attached hydrogens (tertiary/aromatic N) is 1. The van der Waals surface area contributed by atoms with E-state index in [2.05, 4.69) is 28.6 Å². The number of halogens is 1. The SMILES string of the molecule is CN(Cc1ccccc1Br)C(=O)CC1(CS)CC1. The van der Waals surface area contributed by atoms with Crippen molar-refractivity contribution in [2.45, 2.75) is 25.8 Å². The standard InChI is InChI=1S/C14H18BrNOS/c1-16(9-11-4-2-3-5-12(11)15)13(17)8-14(10-18)6-7-14/h2-5,18H,6-10H2,1H3. The van der Waals surface area contributed by atoms with Crippen molar-refractivity contribution in [2.24, 2.45) is 5.41 Å². The van der Waals surface area contributed by atoms with E-state index in [-0.39, 0.29) is 11.3 Å². The molecule has 0 bridgehead atoms. The molecule has 1 fully saturated rings. The monoisotopic (exact) mass is 327 g/mol. The molecule has 0 heterocycles. The largest absolute Gasteiger partial charge is 0.341 e. The van der Waals surface area contributed by atoms with Crippen molar-refractivity contribution >= 4 is 34.5 Å². The Kier molecular flexibility index (Phi) is 4.38. The van der Waals surface area contributed by atoms with Gasteiger partial charge in [0.1, 0.15) is 0 Å². The smallest absolute Gasteiger partial charge is 0.223 e. The Morgan fingerprint density at radius 1 is 1.44 bits per heavy atom. The molecule has 0 aliphatic heterocycles. The molecule has 18 heavy (non-hydrogen) atoms. The Bertz CT molecular complexity index is 445. The Balaban J connectivity index is 1.94. The van der Waals surface area contributed by atoms with Crippen molar-refractivity contribution in [3.05, 3.63) is 34.3 Å². The second-order valence-electron chi connectivity index (χ2n) is 5.18. The van der Waals surface area contributed by atoms with Gasteiger partial charge in [0.15, 0.2) is 0 Å². The molecule has 0 aromatic heterocycles. The zero-order valence-electron chi connectivity index (χ0n) is 10.5. The molecule has 1 saturated carbocycles. The van der Waals surface area contributed by atoms with Crippen molar-refractivity contribution < 1.29 is 4.79 Å². The Morgan fingerprint density at radius 3 is 2.67 bits per heavy atom. The molecule has 1 amide bonds. The second-order valence-corrected chi connectivity index (χ2v) is 6.35. The predicted octanol–water partition coefficient (Wildman–Crippen LogP) is 3.51. The summed E-state index contributed by atoms with van der Waals surface area (Å²) in [4.78, 5) is 14.0. The molecule has 2 nitrogen and oxygen atoms in total. The Morgan fingerprint density at radius 2 is 2.11 bits per heavy atom. The number of carbonyl (C=O) groups excluding carboxylic acids is 1. The zero-order chi connectivity index (χ0) is 13.2. The van der Waals surface area contributed by atoms with Crippen LogP contribution in [0.2, 0.25) is 0 Å². The van der Waals surface area contributed by atoms with E-state index in [0.29, 0.717) is 13.0 Å². The van der Waals surface area contributed by atoms with Crippen LogP contribution in [0.4, 0.5) is 0 Å². The van der Waals surface area contributed by atoms with Crippen LogP contribution < -0.4 is 0 Å². The third-order valence-electron chi connectivity index (χ3n) is 3.61. The van der Waals surface area contributed by atoms with Crippen molar-refractivity contribution in [2.75, 3.05) is 12.8 Å². The summed E-state index contributed by atoms with van der Waals surface area (Å²) in [6, 6.07) is 8.02. The first-order valence-corrected chi connectivity index (χ1v) is 7.57. The fraction of sp³-hybridized carbons (Fsp3) is 0.500. The van der Waals surface area contributed by atoms with E-state index in [9.17, 15) is 4.79 Å². The number of benzene rings is 1. The lowest BCUT2D eigenvalue weighted by Crippen LogP contribution is -2.29. The lowest BCUT2D eigenvalue weighted by atomic mass is 10.0. The average Bonchev–Trinajstić information content (AvgIpc) is 3.12. The maximum Gasteiger partial charge on any atom is 0.223 e. The second kappa shape index (κ2) is 5.66. The number of hydrogen-bond acceptors (Lipinski definition) is 2. The van der Waals surface area contributed by atoms with Crippen molar-refractivity contribution in [3.8, 4) is 0 Å². The maximum atomic E-state index is 12.1. The fourth-order valence-corrected chi connectivity index (χ4v) is 2.83. The highest BCUT2D eigenvalue weighted by atomic mass is 79.9. The quantitative estimate of drug-likeness (QED) is 0.820. The minimum Gasteiger partial charge on any atom is -0.341 e. The molecule has 0 spiro atoms. The molecule has 1 aromatic rings. The molecule has 1 aromatic carbocycles. The number of amides is 1. The van der Waals surface area contributed by atoms with E-state index in [0.717, 1.165) is 28.6 Å². The lowest BCUT2D eigenvalue weighted by Gasteiger charge is -2.21. The molecule has 0 unspecified atom stereocenters. The van der Waals surface area contributed by atoms with Crippen LogP contribution in [0.1, 0.15) is 24.8 Å². The summed E-state index contributed by atoms with van der Waals surface area (Å²) >= 11 is 7.86. The van der Waals surface area contributed by atoms with Gasteiger partial charge in [-0.25, -0.2) is 0 Å². The van der Waals surface area contributed by atoms with E-state index < -0.39 is 0 Å². The van der Waals surface area contributed by atoms with Crippen molar-refractivity contribution in [3.63, 3.8) is 0 Å². The van der Waals surface area contributed by atoms with Gasteiger partial charge in [0.25, 0.3) is 0 Å². The predicted molar refractivity (Wildman–Crippen MR) is 80.8 cm³/mol. The van der Waals surface area contributed by atoms with Crippen LogP contribution in [0.15, 0.2) is 28.7 Å².